The van der Waals surface area contributed by atoms with Crippen molar-refractivity contribution in [2.45, 2.75) is 19.4 Å². The van der Waals surface area contributed by atoms with E-state index in [1.54, 1.807) is 18.2 Å². The van der Waals surface area contributed by atoms with Crippen molar-refractivity contribution in [3.63, 3.8) is 0 Å². The standard InChI is InChI=1S/C31H25FN2O4S/c32-29-23(7-8-24-11-15-34(30(24)29)19-20-12-16-39(37,38)17-13-20)6-5-22-2-1-3-26(31(35)36)28(22)25-9-4-21-10-14-33-27(21)18-25/h1-4,7-11,14-15,18,20,33H,12-13,16-17,19H2,(H,35,36). The number of fused-ring (bicyclic) bond motifs is 2. The van der Waals surface area contributed by atoms with Crippen LogP contribution in [-0.2, 0) is 16.4 Å². The molecule has 0 bridgehead atoms. The molecule has 0 aliphatic carbocycles. The first kappa shape index (κ1) is 25.0. The van der Waals surface area contributed by atoms with Crippen molar-refractivity contribution in [1.29, 1.82) is 0 Å². The van der Waals surface area contributed by atoms with Gasteiger partial charge in [-0.3, -0.25) is 0 Å². The fourth-order valence-corrected chi connectivity index (χ4v) is 6.97. The third-order valence-electron chi connectivity index (χ3n) is 7.47. The predicted molar refractivity (Wildman–Crippen MR) is 150 cm³/mol. The molecule has 39 heavy (non-hydrogen) atoms. The number of benzene rings is 3. The summed E-state index contributed by atoms with van der Waals surface area (Å²) in [6, 6.07) is 17.8. The number of halogens is 1. The Morgan fingerprint density at radius 1 is 1.00 bits per heavy atom. The molecule has 0 radical (unpaired) electrons. The van der Waals surface area contributed by atoms with Crippen LogP contribution in [0.15, 0.2) is 73.1 Å². The van der Waals surface area contributed by atoms with E-state index in [0.717, 1.165) is 16.3 Å². The van der Waals surface area contributed by atoms with Crippen LogP contribution in [0.2, 0.25) is 0 Å². The summed E-state index contributed by atoms with van der Waals surface area (Å²) in [4.78, 5) is 15.2. The molecule has 0 amide bonds. The number of aromatic amines is 1. The summed E-state index contributed by atoms with van der Waals surface area (Å²) in [6.07, 6.45) is 4.79. The summed E-state index contributed by atoms with van der Waals surface area (Å²) < 4.78 is 41.2. The fraction of sp³-hybridized carbons (Fsp3) is 0.194. The van der Waals surface area contributed by atoms with Crippen LogP contribution in [0.4, 0.5) is 4.39 Å². The van der Waals surface area contributed by atoms with Gasteiger partial charge in [0.2, 0.25) is 0 Å². The number of aromatic nitrogens is 2. The molecule has 1 aliphatic rings. The van der Waals surface area contributed by atoms with Gasteiger partial charge in [0, 0.05) is 41.0 Å². The van der Waals surface area contributed by atoms with Crippen LogP contribution >= 0.6 is 0 Å². The van der Waals surface area contributed by atoms with Crippen LogP contribution < -0.4 is 0 Å². The lowest BCUT2D eigenvalue weighted by molar-refractivity contribution is 0.0697. The molecule has 5 aromatic rings. The predicted octanol–water partition coefficient (Wildman–Crippen LogP) is 5.85. The summed E-state index contributed by atoms with van der Waals surface area (Å²) in [5.41, 5.74) is 3.30. The third kappa shape index (κ3) is 4.82. The van der Waals surface area contributed by atoms with Crippen molar-refractivity contribution >= 4 is 37.6 Å². The van der Waals surface area contributed by atoms with Crippen LogP contribution in [0.3, 0.4) is 0 Å². The van der Waals surface area contributed by atoms with Crippen molar-refractivity contribution in [1.82, 2.24) is 9.55 Å². The van der Waals surface area contributed by atoms with Gasteiger partial charge in [-0.1, -0.05) is 36.1 Å². The lowest BCUT2D eigenvalue weighted by atomic mass is 9.93. The van der Waals surface area contributed by atoms with Crippen LogP contribution in [0.1, 0.15) is 34.3 Å². The Balaban J connectivity index is 1.39. The van der Waals surface area contributed by atoms with Gasteiger partial charge >= 0.3 is 5.97 Å². The first-order valence-corrected chi connectivity index (χ1v) is 14.5. The Morgan fingerprint density at radius 2 is 1.77 bits per heavy atom. The van der Waals surface area contributed by atoms with E-state index in [0.29, 0.717) is 41.6 Å². The van der Waals surface area contributed by atoms with Gasteiger partial charge in [-0.05, 0) is 66.1 Å². The summed E-state index contributed by atoms with van der Waals surface area (Å²) in [5, 5.41) is 11.6. The number of nitrogens with one attached hydrogen (secondary N) is 1. The fourth-order valence-electron chi connectivity index (χ4n) is 5.38. The lowest BCUT2D eigenvalue weighted by Crippen LogP contribution is -2.26. The Morgan fingerprint density at radius 3 is 2.56 bits per heavy atom. The highest BCUT2D eigenvalue weighted by atomic mass is 32.2. The minimum absolute atomic E-state index is 0.118. The van der Waals surface area contributed by atoms with Crippen LogP contribution in [0, 0.1) is 23.6 Å². The van der Waals surface area contributed by atoms with E-state index in [4.69, 9.17) is 0 Å². The van der Waals surface area contributed by atoms with Gasteiger partial charge in [-0.2, -0.15) is 0 Å². The zero-order valence-corrected chi connectivity index (χ0v) is 21.8. The average molecular weight is 541 g/mol. The molecule has 3 heterocycles. The molecule has 2 aromatic heterocycles. The number of H-pyrrole nitrogens is 1. The normalized spacial score (nSPS) is 15.3. The molecule has 0 saturated carbocycles. The van der Waals surface area contributed by atoms with Gasteiger partial charge in [0.15, 0.2) is 5.82 Å². The third-order valence-corrected chi connectivity index (χ3v) is 9.18. The SMILES string of the molecule is O=C(O)c1cccc(C#Cc2ccc3ccn(CC4CCS(=O)(=O)CC4)c3c2F)c1-c1ccc2cc[nH]c2c1. The number of hydrogen-bond donors (Lipinski definition) is 2. The molecule has 6 nitrogen and oxygen atoms in total. The zero-order valence-electron chi connectivity index (χ0n) is 20.9. The smallest absolute Gasteiger partial charge is 0.336 e. The Labute approximate surface area is 225 Å². The number of nitrogens with zero attached hydrogens (tertiary/aromatic N) is 1. The molecule has 3 aromatic carbocycles. The second kappa shape index (κ2) is 9.75. The maximum absolute atomic E-state index is 15.8. The van der Waals surface area contributed by atoms with Crippen molar-refractivity contribution < 1.29 is 22.7 Å². The summed E-state index contributed by atoms with van der Waals surface area (Å²) >= 11 is 0. The Bertz CT molecular complexity index is 1910. The number of rotatable bonds is 4. The van der Waals surface area contributed by atoms with E-state index in [-0.39, 0.29) is 28.6 Å². The molecule has 0 unspecified atom stereocenters. The highest BCUT2D eigenvalue weighted by Gasteiger charge is 2.24. The second-order valence-corrected chi connectivity index (χ2v) is 12.3. The van der Waals surface area contributed by atoms with Crippen molar-refractivity contribution in [2.24, 2.45) is 5.92 Å². The largest absolute Gasteiger partial charge is 0.478 e. The summed E-state index contributed by atoms with van der Waals surface area (Å²) in [6.45, 7) is 0.541. The van der Waals surface area contributed by atoms with E-state index in [1.165, 1.54) is 6.07 Å². The maximum atomic E-state index is 15.8. The molecule has 1 aliphatic heterocycles. The van der Waals surface area contributed by atoms with E-state index in [9.17, 15) is 18.3 Å². The number of hydrogen-bond acceptors (Lipinski definition) is 3. The van der Waals surface area contributed by atoms with E-state index >= 15 is 4.39 Å². The number of aromatic carboxylic acids is 1. The molecule has 6 rings (SSSR count). The zero-order chi connectivity index (χ0) is 27.1. The van der Waals surface area contributed by atoms with E-state index in [2.05, 4.69) is 16.8 Å². The second-order valence-electron chi connectivity index (χ2n) is 9.99. The summed E-state index contributed by atoms with van der Waals surface area (Å²) in [5.74, 6) is 4.97. The quantitative estimate of drug-likeness (QED) is 0.280. The molecule has 0 spiro atoms. The lowest BCUT2D eigenvalue weighted by Gasteiger charge is -2.22. The molecular weight excluding hydrogens is 515 g/mol. The maximum Gasteiger partial charge on any atom is 0.336 e. The van der Waals surface area contributed by atoms with Gasteiger partial charge in [0.25, 0.3) is 0 Å². The summed E-state index contributed by atoms with van der Waals surface area (Å²) in [7, 11) is -2.97. The van der Waals surface area contributed by atoms with E-state index < -0.39 is 21.6 Å². The van der Waals surface area contributed by atoms with Gasteiger partial charge in [-0.15, -0.1) is 0 Å². The minimum atomic E-state index is -2.97. The number of carboxylic acid groups (broad SMARTS) is 1. The topological polar surface area (TPSA) is 92.2 Å². The first-order chi connectivity index (χ1) is 18.8. The molecule has 1 saturated heterocycles. The number of carbonyl (C=O) groups is 1. The van der Waals surface area contributed by atoms with Crippen LogP contribution in [-0.4, -0.2) is 40.6 Å². The average Bonchev–Trinajstić information content (AvgIpc) is 3.56. The van der Waals surface area contributed by atoms with Crippen molar-refractivity contribution in [3.05, 3.63) is 95.6 Å². The van der Waals surface area contributed by atoms with Gasteiger partial charge in [0.05, 0.1) is 28.1 Å². The molecule has 2 N–H and O–H groups in total. The molecule has 0 atom stereocenters. The molecule has 8 heteroatoms. The Kier molecular flexibility index (Phi) is 6.24. The highest BCUT2D eigenvalue weighted by molar-refractivity contribution is 7.91. The number of sulfone groups is 1. The van der Waals surface area contributed by atoms with Crippen LogP contribution in [0.25, 0.3) is 32.9 Å². The van der Waals surface area contributed by atoms with E-state index in [1.807, 2.05) is 53.4 Å². The molecule has 1 fully saturated rings. The highest BCUT2D eigenvalue weighted by Crippen LogP contribution is 2.31. The van der Waals surface area contributed by atoms with Crippen LogP contribution in [0.5, 0.6) is 0 Å². The monoisotopic (exact) mass is 540 g/mol. The molecule has 196 valence electrons. The van der Waals surface area contributed by atoms with Crippen molar-refractivity contribution in [2.75, 3.05) is 11.5 Å². The number of carboxylic acids is 1. The Hall–Kier alpha value is -4.35. The minimum Gasteiger partial charge on any atom is -0.478 e. The van der Waals surface area contributed by atoms with Gasteiger partial charge in [0.1, 0.15) is 9.84 Å². The van der Waals surface area contributed by atoms with Crippen molar-refractivity contribution in [3.8, 4) is 23.0 Å². The van der Waals surface area contributed by atoms with Gasteiger partial charge in [-0.25, -0.2) is 17.6 Å². The molecular formula is C31H25FN2O4S. The van der Waals surface area contributed by atoms with Gasteiger partial charge < -0.3 is 14.7 Å². The first-order valence-electron chi connectivity index (χ1n) is 12.7.